The van der Waals surface area contributed by atoms with Gasteiger partial charge in [0.1, 0.15) is 12.0 Å². The summed E-state index contributed by atoms with van der Waals surface area (Å²) in [5, 5.41) is 3.76. The van der Waals surface area contributed by atoms with Gasteiger partial charge in [-0.15, -0.1) is 0 Å². The Morgan fingerprint density at radius 1 is 0.712 bits per heavy atom. The van der Waals surface area contributed by atoms with Crippen LogP contribution in [-0.2, 0) is 4.74 Å². The van der Waals surface area contributed by atoms with Crippen LogP contribution in [0, 0.1) is 47.3 Å². The third-order valence-corrected chi connectivity index (χ3v) is 19.9. The van der Waals surface area contributed by atoms with Gasteiger partial charge in [-0.3, -0.25) is 4.99 Å². The molecular weight excluding hydrogens is 887 g/mol. The fraction of sp³-hybridized carbons (Fsp3) is 0.406. The predicted molar refractivity (Wildman–Crippen MR) is 300 cm³/mol. The fourth-order valence-electron chi connectivity index (χ4n) is 16.0. The molecule has 4 aromatic carbocycles. The van der Waals surface area contributed by atoms with Crippen molar-refractivity contribution < 1.29 is 4.74 Å². The summed E-state index contributed by atoms with van der Waals surface area (Å²) in [7, 11) is 0. The standard InChI is InChI=1S/C69H73N3O/c1-42(43-22-24-46(25-23-43)50-34-35-51-39-53(51)38-50)71-69(49-32-26-45(27-33-49)44-12-3-2-4-13-44)72-68(70)48-30-28-47(29-31-48)62-41-64-66-54(20-11-21-65(66)73-67(64)61-19-10-9-18-59(61)62)52-36-37-60-57-16-6-5-14-55(57)56-15-7-8-17-58(56)63(60)40-52/h2-3,5,7-10,12,14-15,17-19,22-28,30-37,42,47,50-54,60,62-68H,4,6,11,13,16,20-21,29,38-41,70H2,1H3,(H,71,72). The van der Waals surface area contributed by atoms with Gasteiger partial charge in [-0.25, -0.2) is 0 Å². The molecule has 15 unspecified atom stereocenters. The fourth-order valence-corrected chi connectivity index (χ4v) is 16.0. The minimum Gasteiger partial charge on any atom is -0.370 e. The molecule has 1 aliphatic heterocycles. The number of amidine groups is 1. The summed E-state index contributed by atoms with van der Waals surface area (Å²) in [6.07, 6.45) is 43.6. The molecule has 0 aromatic heterocycles. The van der Waals surface area contributed by atoms with E-state index in [1.165, 1.54) is 102 Å². The number of rotatable bonds is 9. The topological polar surface area (TPSA) is 59.6 Å². The van der Waals surface area contributed by atoms with Crippen molar-refractivity contribution in [3.63, 3.8) is 0 Å². The maximum absolute atomic E-state index is 7.32. The molecule has 1 heterocycles. The molecule has 10 aliphatic rings. The zero-order valence-electron chi connectivity index (χ0n) is 42.7. The van der Waals surface area contributed by atoms with Crippen LogP contribution in [0.2, 0.25) is 0 Å². The first kappa shape index (κ1) is 45.8. The van der Waals surface area contributed by atoms with E-state index in [1.807, 2.05) is 0 Å². The lowest BCUT2D eigenvalue weighted by atomic mass is 9.57. The van der Waals surface area contributed by atoms with Crippen LogP contribution in [0.3, 0.4) is 0 Å². The summed E-state index contributed by atoms with van der Waals surface area (Å²) < 4.78 is 7.32. The molecular formula is C69H73N3O. The molecule has 15 atom stereocenters. The van der Waals surface area contributed by atoms with E-state index in [4.69, 9.17) is 15.5 Å². The average molecular weight is 960 g/mol. The van der Waals surface area contributed by atoms with Crippen molar-refractivity contribution in [3.05, 3.63) is 226 Å². The summed E-state index contributed by atoms with van der Waals surface area (Å²) in [5.41, 5.74) is 24.0. The van der Waals surface area contributed by atoms with Crippen LogP contribution in [0.4, 0.5) is 0 Å². The van der Waals surface area contributed by atoms with Crippen molar-refractivity contribution in [3.8, 4) is 0 Å². The number of hydrogen-bond acceptors (Lipinski definition) is 3. The molecule has 4 nitrogen and oxygen atoms in total. The monoisotopic (exact) mass is 960 g/mol. The van der Waals surface area contributed by atoms with Crippen molar-refractivity contribution in [1.82, 2.24) is 5.32 Å². The van der Waals surface area contributed by atoms with E-state index in [9.17, 15) is 0 Å². The lowest BCUT2D eigenvalue weighted by Gasteiger charge is -2.46. The van der Waals surface area contributed by atoms with Gasteiger partial charge in [-0.1, -0.05) is 182 Å². The highest BCUT2D eigenvalue weighted by Crippen LogP contribution is 2.62. The Balaban J connectivity index is 0.703. The first-order valence-corrected chi connectivity index (χ1v) is 28.6. The van der Waals surface area contributed by atoms with Gasteiger partial charge in [0, 0.05) is 17.4 Å². The summed E-state index contributed by atoms with van der Waals surface area (Å²) in [4.78, 5) is 5.43. The first-order chi connectivity index (χ1) is 36.0. The molecule has 0 amide bonds. The number of allylic oxidation sites excluding steroid dienone is 14. The Bertz CT molecular complexity index is 3050. The summed E-state index contributed by atoms with van der Waals surface area (Å²) >= 11 is 0. The molecule has 73 heavy (non-hydrogen) atoms. The van der Waals surface area contributed by atoms with E-state index in [2.05, 4.69) is 182 Å². The highest BCUT2D eigenvalue weighted by Gasteiger charge is 2.55. The Kier molecular flexibility index (Phi) is 12.0. The van der Waals surface area contributed by atoms with E-state index in [1.54, 1.807) is 11.1 Å². The largest absolute Gasteiger partial charge is 0.370 e. The Labute approximate surface area is 434 Å². The quantitative estimate of drug-likeness (QED) is 0.0760. The van der Waals surface area contributed by atoms with Crippen LogP contribution >= 0.6 is 0 Å². The van der Waals surface area contributed by atoms with Crippen molar-refractivity contribution in [2.75, 3.05) is 0 Å². The number of hydrogen-bond donors (Lipinski definition) is 2. The highest BCUT2D eigenvalue weighted by atomic mass is 16.5. The van der Waals surface area contributed by atoms with Gasteiger partial charge < -0.3 is 15.8 Å². The van der Waals surface area contributed by atoms with E-state index in [-0.39, 0.29) is 12.1 Å². The second kappa shape index (κ2) is 19.2. The molecule has 14 rings (SSSR count). The first-order valence-electron chi connectivity index (χ1n) is 28.6. The molecule has 4 aromatic rings. The lowest BCUT2D eigenvalue weighted by Crippen LogP contribution is -2.43. The number of nitrogens with two attached hydrogens (primary N) is 1. The van der Waals surface area contributed by atoms with E-state index in [0.29, 0.717) is 59.4 Å². The van der Waals surface area contributed by atoms with Crippen LogP contribution in [0.25, 0.3) is 11.1 Å². The molecule has 0 radical (unpaired) electrons. The molecule has 3 fully saturated rings. The van der Waals surface area contributed by atoms with Crippen LogP contribution in [-0.4, -0.2) is 18.1 Å². The molecule has 1 saturated heterocycles. The molecule has 3 N–H and O–H groups in total. The number of nitrogens with one attached hydrogen (secondary N) is 1. The van der Waals surface area contributed by atoms with Crippen LogP contribution in [0.1, 0.15) is 158 Å². The van der Waals surface area contributed by atoms with Crippen LogP contribution in [0.15, 0.2) is 186 Å². The third kappa shape index (κ3) is 8.49. The number of nitrogens with zero attached hydrogens (tertiary/aromatic N) is 1. The smallest absolute Gasteiger partial charge is 0.130 e. The lowest BCUT2D eigenvalue weighted by molar-refractivity contribution is -0.00333. The summed E-state index contributed by atoms with van der Waals surface area (Å²) in [5.74, 6) is 7.43. The van der Waals surface area contributed by atoms with Crippen molar-refractivity contribution in [1.29, 1.82) is 0 Å². The number of benzene rings is 4. The Morgan fingerprint density at radius 3 is 2.36 bits per heavy atom. The van der Waals surface area contributed by atoms with Gasteiger partial charge in [0.15, 0.2) is 0 Å². The SMILES string of the molecule is CC(/N=C(\NC(N)C1=CCC(C2CC3C(OC4CCCC(C5C=CC6C7=C(C=CCC7)c7ccccc7C6C5)C43)c3ccccc32)C=C1)c1ccc(C2=CC=CCC2)cc1)c1ccc(C2C=CC3CC3C2)cc1. The van der Waals surface area contributed by atoms with E-state index in [0.717, 1.165) is 48.1 Å². The Morgan fingerprint density at radius 2 is 1.53 bits per heavy atom. The molecule has 9 aliphatic carbocycles. The number of aliphatic imine (C=N–C) groups is 1. The predicted octanol–water partition coefficient (Wildman–Crippen LogP) is 15.7. The van der Waals surface area contributed by atoms with Crippen LogP contribution < -0.4 is 11.1 Å². The second-order valence-corrected chi connectivity index (χ2v) is 23.8. The minimum atomic E-state index is -0.396. The molecule has 0 bridgehead atoms. The van der Waals surface area contributed by atoms with Gasteiger partial charge in [0.05, 0.1) is 18.2 Å². The summed E-state index contributed by atoms with van der Waals surface area (Å²) in [6.45, 7) is 2.22. The minimum absolute atomic E-state index is 0.0437. The molecule has 4 heteroatoms. The number of ether oxygens (including phenoxy) is 1. The summed E-state index contributed by atoms with van der Waals surface area (Å²) in [6, 6.07) is 36.9. The maximum atomic E-state index is 7.32. The zero-order chi connectivity index (χ0) is 48.6. The van der Waals surface area contributed by atoms with Gasteiger partial charge in [-0.2, -0.15) is 0 Å². The van der Waals surface area contributed by atoms with Gasteiger partial charge in [0.2, 0.25) is 0 Å². The molecule has 2 saturated carbocycles. The van der Waals surface area contributed by atoms with Crippen LogP contribution in [0.5, 0.6) is 0 Å². The van der Waals surface area contributed by atoms with Crippen molar-refractivity contribution >= 4 is 17.0 Å². The maximum Gasteiger partial charge on any atom is 0.130 e. The molecule has 0 spiro atoms. The number of fused-ring (bicyclic) bond motifs is 11. The third-order valence-electron chi connectivity index (χ3n) is 19.9. The Hall–Kier alpha value is -5.81. The van der Waals surface area contributed by atoms with Crippen molar-refractivity contribution in [2.24, 2.45) is 58.1 Å². The highest BCUT2D eigenvalue weighted by molar-refractivity contribution is 5.99. The van der Waals surface area contributed by atoms with Gasteiger partial charge >= 0.3 is 0 Å². The normalized spacial score (nSPS) is 34.2. The second-order valence-electron chi connectivity index (χ2n) is 23.8. The van der Waals surface area contributed by atoms with Gasteiger partial charge in [-0.05, 0) is 186 Å². The van der Waals surface area contributed by atoms with Gasteiger partial charge in [0.25, 0.3) is 0 Å². The zero-order valence-corrected chi connectivity index (χ0v) is 42.7. The van der Waals surface area contributed by atoms with E-state index < -0.39 is 6.17 Å². The van der Waals surface area contributed by atoms with Crippen molar-refractivity contribution in [2.45, 2.75) is 126 Å². The average Bonchev–Trinajstić information content (AvgIpc) is 4.15. The van der Waals surface area contributed by atoms with E-state index >= 15 is 0 Å². The molecule has 370 valence electrons.